The van der Waals surface area contributed by atoms with Crippen molar-refractivity contribution in [3.63, 3.8) is 0 Å². The van der Waals surface area contributed by atoms with Crippen LogP contribution in [0.25, 0.3) is 0 Å². The van der Waals surface area contributed by atoms with Crippen molar-refractivity contribution in [3.05, 3.63) is 29.8 Å². The molecular formula is C11H11FN2O3. The molecule has 2 N–H and O–H groups in total. The summed E-state index contributed by atoms with van der Waals surface area (Å²) in [4.78, 5) is 25.8. The molecule has 2 rings (SSSR count). The second kappa shape index (κ2) is 4.12. The number of aliphatic carboxylic acids is 1. The van der Waals surface area contributed by atoms with Gasteiger partial charge < -0.3 is 10.4 Å². The van der Waals surface area contributed by atoms with Crippen LogP contribution in [0.3, 0.4) is 0 Å². The second-order valence-corrected chi connectivity index (χ2v) is 4.11. The van der Waals surface area contributed by atoms with E-state index >= 15 is 0 Å². The molecule has 0 radical (unpaired) electrons. The first-order valence-electron chi connectivity index (χ1n) is 5.17. The number of halogens is 1. The first kappa shape index (κ1) is 11.5. The molecule has 0 aromatic carbocycles. The second-order valence-electron chi connectivity index (χ2n) is 4.11. The van der Waals surface area contributed by atoms with E-state index in [1.54, 1.807) is 0 Å². The molecule has 1 amide bonds. The van der Waals surface area contributed by atoms with Crippen molar-refractivity contribution >= 4 is 11.9 Å². The minimum absolute atomic E-state index is 0.0233. The van der Waals surface area contributed by atoms with Gasteiger partial charge in [0.1, 0.15) is 0 Å². The lowest BCUT2D eigenvalue weighted by atomic mass is 10.1. The first-order chi connectivity index (χ1) is 8.05. The summed E-state index contributed by atoms with van der Waals surface area (Å²) in [7, 11) is 0. The lowest BCUT2D eigenvalue weighted by molar-refractivity contribution is -0.143. The zero-order valence-electron chi connectivity index (χ0n) is 8.94. The molecule has 0 saturated heterocycles. The van der Waals surface area contributed by atoms with Gasteiger partial charge in [0, 0.05) is 12.7 Å². The highest BCUT2D eigenvalue weighted by molar-refractivity contribution is 5.94. The molecule has 0 atom stereocenters. The molecule has 0 spiro atoms. The molecule has 1 aromatic heterocycles. The van der Waals surface area contributed by atoms with Gasteiger partial charge in [-0.05, 0) is 25.0 Å². The minimum Gasteiger partial charge on any atom is -0.481 e. The van der Waals surface area contributed by atoms with Crippen molar-refractivity contribution in [1.29, 1.82) is 0 Å². The highest BCUT2D eigenvalue weighted by atomic mass is 19.1. The average Bonchev–Trinajstić information content (AvgIpc) is 3.07. The van der Waals surface area contributed by atoms with Crippen molar-refractivity contribution in [2.75, 3.05) is 6.54 Å². The number of carbonyl (C=O) groups is 2. The molecule has 0 aliphatic heterocycles. The quantitative estimate of drug-likeness (QED) is 0.761. The van der Waals surface area contributed by atoms with Crippen molar-refractivity contribution in [3.8, 4) is 0 Å². The van der Waals surface area contributed by atoms with Crippen LogP contribution in [0, 0.1) is 11.4 Å². The van der Waals surface area contributed by atoms with Crippen molar-refractivity contribution in [2.24, 2.45) is 5.41 Å². The van der Waals surface area contributed by atoms with Gasteiger partial charge in [-0.15, -0.1) is 0 Å². The fourth-order valence-corrected chi connectivity index (χ4v) is 1.52. The third-order valence-corrected chi connectivity index (χ3v) is 2.90. The van der Waals surface area contributed by atoms with E-state index in [0.717, 1.165) is 0 Å². The van der Waals surface area contributed by atoms with Crippen LogP contribution in [-0.4, -0.2) is 28.5 Å². The maximum atomic E-state index is 13.1. The number of carbonyl (C=O) groups excluding carboxylic acids is 1. The summed E-state index contributed by atoms with van der Waals surface area (Å²) in [5.41, 5.74) is -1.03. The zero-order valence-corrected chi connectivity index (χ0v) is 8.94. The number of rotatable bonds is 4. The summed E-state index contributed by atoms with van der Waals surface area (Å²) in [5, 5.41) is 11.3. The first-order valence-corrected chi connectivity index (χ1v) is 5.17. The molecule has 6 heteroatoms. The van der Waals surface area contributed by atoms with E-state index in [0.29, 0.717) is 12.8 Å². The number of hydrogen-bond donors (Lipinski definition) is 2. The van der Waals surface area contributed by atoms with Crippen LogP contribution in [0.1, 0.15) is 23.2 Å². The van der Waals surface area contributed by atoms with Gasteiger partial charge in [0.05, 0.1) is 11.0 Å². The van der Waals surface area contributed by atoms with E-state index < -0.39 is 23.2 Å². The number of carboxylic acid groups (broad SMARTS) is 1. The summed E-state index contributed by atoms with van der Waals surface area (Å²) in [6, 6.07) is 2.75. The molecule has 1 saturated carbocycles. The fourth-order valence-electron chi connectivity index (χ4n) is 1.52. The Bertz CT molecular complexity index is 472. The number of nitrogens with zero attached hydrogens (tertiary/aromatic N) is 1. The van der Waals surface area contributed by atoms with Gasteiger partial charge in [-0.3, -0.25) is 9.59 Å². The Balaban J connectivity index is 1.99. The van der Waals surface area contributed by atoms with E-state index in [-0.39, 0.29) is 12.1 Å². The van der Waals surface area contributed by atoms with Gasteiger partial charge in [0.25, 0.3) is 5.91 Å². The Kier molecular flexibility index (Phi) is 2.79. The van der Waals surface area contributed by atoms with Gasteiger partial charge in [-0.1, -0.05) is 0 Å². The molecule has 1 aliphatic rings. The van der Waals surface area contributed by atoms with Crippen LogP contribution in [0.15, 0.2) is 18.3 Å². The molecule has 90 valence electrons. The van der Waals surface area contributed by atoms with E-state index in [2.05, 4.69) is 10.3 Å². The Morgan fingerprint density at radius 3 is 2.76 bits per heavy atom. The monoisotopic (exact) mass is 238 g/mol. The van der Waals surface area contributed by atoms with Crippen molar-refractivity contribution in [2.45, 2.75) is 12.8 Å². The summed E-state index contributed by atoms with van der Waals surface area (Å²) in [6.07, 6.45) is 2.32. The number of carboxylic acids is 1. The zero-order chi connectivity index (χ0) is 12.5. The number of pyridine rings is 1. The fraction of sp³-hybridized carbons (Fsp3) is 0.364. The lowest BCUT2D eigenvalue weighted by Crippen LogP contribution is -2.34. The molecule has 5 nitrogen and oxygen atoms in total. The maximum absolute atomic E-state index is 13.1. The SMILES string of the molecule is O=C(NCC1(C(=O)O)CC1)c1cccnc1F. The predicted molar refractivity (Wildman–Crippen MR) is 55.8 cm³/mol. The van der Waals surface area contributed by atoms with Crippen LogP contribution < -0.4 is 5.32 Å². The topological polar surface area (TPSA) is 79.3 Å². The number of hydrogen-bond acceptors (Lipinski definition) is 3. The van der Waals surface area contributed by atoms with Gasteiger partial charge in [0.2, 0.25) is 5.95 Å². The van der Waals surface area contributed by atoms with Gasteiger partial charge >= 0.3 is 5.97 Å². The summed E-state index contributed by atoms with van der Waals surface area (Å²) < 4.78 is 13.1. The smallest absolute Gasteiger partial charge is 0.311 e. The van der Waals surface area contributed by atoms with Gasteiger partial charge in [-0.25, -0.2) is 4.98 Å². The third-order valence-electron chi connectivity index (χ3n) is 2.90. The Hall–Kier alpha value is -1.98. The van der Waals surface area contributed by atoms with Gasteiger partial charge in [0.15, 0.2) is 0 Å². The van der Waals surface area contributed by atoms with E-state index in [4.69, 9.17) is 5.11 Å². The molecule has 0 bridgehead atoms. The van der Waals surface area contributed by atoms with Crippen LogP contribution >= 0.6 is 0 Å². The normalized spacial score (nSPS) is 16.3. The highest BCUT2D eigenvalue weighted by Gasteiger charge is 2.50. The van der Waals surface area contributed by atoms with Crippen LogP contribution in [0.4, 0.5) is 4.39 Å². The average molecular weight is 238 g/mol. The van der Waals surface area contributed by atoms with Crippen molar-refractivity contribution < 1.29 is 19.1 Å². The highest BCUT2D eigenvalue weighted by Crippen LogP contribution is 2.45. The summed E-state index contributed by atoms with van der Waals surface area (Å²) >= 11 is 0. The lowest BCUT2D eigenvalue weighted by Gasteiger charge is -2.11. The maximum Gasteiger partial charge on any atom is 0.311 e. The minimum atomic E-state index is -0.926. The van der Waals surface area contributed by atoms with E-state index in [1.165, 1.54) is 18.3 Å². The third kappa shape index (κ3) is 2.25. The molecule has 1 aliphatic carbocycles. The largest absolute Gasteiger partial charge is 0.481 e. The van der Waals surface area contributed by atoms with Crippen LogP contribution in [-0.2, 0) is 4.79 Å². The summed E-state index contributed by atoms with van der Waals surface area (Å²) in [5.74, 6) is -2.42. The van der Waals surface area contributed by atoms with Crippen LogP contribution in [0.5, 0.6) is 0 Å². The standard InChI is InChI=1S/C11H11FN2O3/c12-8-7(2-1-5-13-8)9(15)14-6-11(3-4-11)10(16)17/h1-2,5H,3-4,6H2,(H,14,15)(H,16,17). The van der Waals surface area contributed by atoms with Crippen molar-refractivity contribution in [1.82, 2.24) is 10.3 Å². The number of nitrogens with one attached hydrogen (secondary N) is 1. The molecule has 1 aromatic rings. The number of aromatic nitrogens is 1. The van der Waals surface area contributed by atoms with E-state index in [1.807, 2.05) is 0 Å². The number of amides is 1. The van der Waals surface area contributed by atoms with E-state index in [9.17, 15) is 14.0 Å². The van der Waals surface area contributed by atoms with Crippen LogP contribution in [0.2, 0.25) is 0 Å². The van der Waals surface area contributed by atoms with Gasteiger partial charge in [-0.2, -0.15) is 4.39 Å². The molecule has 1 heterocycles. The Morgan fingerprint density at radius 1 is 1.53 bits per heavy atom. The molecular weight excluding hydrogens is 227 g/mol. The molecule has 1 fully saturated rings. The Labute approximate surface area is 96.7 Å². The Morgan fingerprint density at radius 2 is 2.24 bits per heavy atom. The predicted octanol–water partition coefficient (Wildman–Crippen LogP) is 0.815. The molecule has 0 unspecified atom stereocenters. The summed E-state index contributed by atoms with van der Waals surface area (Å²) in [6.45, 7) is 0.0233. The molecule has 17 heavy (non-hydrogen) atoms.